The molecule has 1 aromatic heterocycles. The standard InChI is InChI=1S/C18H26N2O3SSi/c1-14-12-19-18(20(14)13-23-10-11-25(3,4)5)24-16-8-6-15(7-9-16)17(21)22-2/h6-9,12H,10-11,13H2,1-5H3. The molecular weight excluding hydrogens is 352 g/mol. The van der Waals surface area contributed by atoms with Gasteiger partial charge in [0.15, 0.2) is 5.16 Å². The van der Waals surface area contributed by atoms with Crippen LogP contribution in [-0.2, 0) is 16.2 Å². The van der Waals surface area contributed by atoms with Crippen molar-refractivity contribution in [2.24, 2.45) is 0 Å². The van der Waals surface area contributed by atoms with Crippen molar-refractivity contribution in [3.63, 3.8) is 0 Å². The number of imidazole rings is 1. The summed E-state index contributed by atoms with van der Waals surface area (Å²) in [6.45, 7) is 10.4. The molecule has 0 spiro atoms. The summed E-state index contributed by atoms with van der Waals surface area (Å²) >= 11 is 1.56. The quantitative estimate of drug-likeness (QED) is 0.386. The number of nitrogens with zero attached hydrogens (tertiary/aromatic N) is 2. The molecule has 0 saturated heterocycles. The van der Waals surface area contributed by atoms with Gasteiger partial charge in [0.05, 0.1) is 12.7 Å². The predicted octanol–water partition coefficient (Wildman–Crippen LogP) is 4.44. The van der Waals surface area contributed by atoms with E-state index in [1.165, 1.54) is 7.11 Å². The Balaban J connectivity index is 1.99. The van der Waals surface area contributed by atoms with Gasteiger partial charge in [0.25, 0.3) is 0 Å². The Kier molecular flexibility index (Phi) is 6.86. The first-order valence-electron chi connectivity index (χ1n) is 8.26. The molecule has 0 N–H and O–H groups in total. The van der Waals surface area contributed by atoms with Crippen molar-refractivity contribution in [2.75, 3.05) is 13.7 Å². The van der Waals surface area contributed by atoms with Crippen LogP contribution in [0.3, 0.4) is 0 Å². The van der Waals surface area contributed by atoms with Crippen LogP contribution >= 0.6 is 11.8 Å². The molecule has 1 heterocycles. The fourth-order valence-electron chi connectivity index (χ4n) is 2.09. The lowest BCUT2D eigenvalue weighted by Gasteiger charge is -2.16. The zero-order chi connectivity index (χ0) is 18.4. The molecule has 0 unspecified atom stereocenters. The number of carbonyl (C=O) groups excluding carboxylic acids is 1. The van der Waals surface area contributed by atoms with Crippen LogP contribution in [0.1, 0.15) is 16.1 Å². The zero-order valence-corrected chi connectivity index (χ0v) is 17.4. The van der Waals surface area contributed by atoms with Gasteiger partial charge in [0.2, 0.25) is 0 Å². The summed E-state index contributed by atoms with van der Waals surface area (Å²) < 4.78 is 12.7. The molecule has 0 saturated carbocycles. The number of carbonyl (C=O) groups is 1. The van der Waals surface area contributed by atoms with Gasteiger partial charge in [-0.2, -0.15) is 0 Å². The molecule has 2 aromatic rings. The Labute approximate surface area is 154 Å². The summed E-state index contributed by atoms with van der Waals surface area (Å²) in [6, 6.07) is 8.48. The largest absolute Gasteiger partial charge is 0.465 e. The third-order valence-electron chi connectivity index (χ3n) is 3.72. The molecule has 0 atom stereocenters. The van der Waals surface area contributed by atoms with Crippen LogP contribution in [0.15, 0.2) is 40.5 Å². The smallest absolute Gasteiger partial charge is 0.337 e. The first kappa shape index (κ1) is 19.7. The molecule has 25 heavy (non-hydrogen) atoms. The van der Waals surface area contributed by atoms with E-state index in [9.17, 15) is 4.79 Å². The number of methoxy groups -OCH3 is 1. The van der Waals surface area contributed by atoms with E-state index in [0.29, 0.717) is 12.3 Å². The average Bonchev–Trinajstić information content (AvgIpc) is 2.91. The summed E-state index contributed by atoms with van der Waals surface area (Å²) in [7, 11) is 0.303. The number of ether oxygens (including phenoxy) is 2. The van der Waals surface area contributed by atoms with Crippen molar-refractivity contribution >= 4 is 25.8 Å². The van der Waals surface area contributed by atoms with Gasteiger partial charge in [-0.3, -0.25) is 4.57 Å². The predicted molar refractivity (Wildman–Crippen MR) is 103 cm³/mol. The molecule has 0 aliphatic carbocycles. The highest BCUT2D eigenvalue weighted by atomic mass is 32.2. The molecule has 0 aliphatic heterocycles. The number of hydrogen-bond acceptors (Lipinski definition) is 5. The topological polar surface area (TPSA) is 53.3 Å². The van der Waals surface area contributed by atoms with E-state index in [2.05, 4.69) is 29.2 Å². The van der Waals surface area contributed by atoms with E-state index >= 15 is 0 Å². The normalized spacial score (nSPS) is 11.6. The minimum absolute atomic E-state index is 0.329. The second-order valence-corrected chi connectivity index (χ2v) is 13.7. The highest BCUT2D eigenvalue weighted by molar-refractivity contribution is 7.99. The van der Waals surface area contributed by atoms with E-state index in [1.54, 1.807) is 23.9 Å². The fraction of sp³-hybridized carbons (Fsp3) is 0.444. The van der Waals surface area contributed by atoms with E-state index in [0.717, 1.165) is 28.4 Å². The van der Waals surface area contributed by atoms with Crippen molar-refractivity contribution in [2.45, 2.75) is 49.4 Å². The maximum Gasteiger partial charge on any atom is 0.337 e. The molecular formula is C18H26N2O3SSi. The van der Waals surface area contributed by atoms with E-state index in [1.807, 2.05) is 25.3 Å². The van der Waals surface area contributed by atoms with Crippen LogP contribution in [0, 0.1) is 6.92 Å². The lowest BCUT2D eigenvalue weighted by Crippen LogP contribution is -2.22. The molecule has 2 rings (SSSR count). The van der Waals surface area contributed by atoms with Crippen molar-refractivity contribution in [1.29, 1.82) is 0 Å². The Hall–Kier alpha value is -1.57. The van der Waals surface area contributed by atoms with Crippen LogP contribution in [0.4, 0.5) is 0 Å². The van der Waals surface area contributed by atoms with Crippen LogP contribution < -0.4 is 0 Å². The molecule has 0 amide bonds. The van der Waals surface area contributed by atoms with Gasteiger partial charge in [-0.05, 0) is 37.2 Å². The molecule has 5 nitrogen and oxygen atoms in total. The molecule has 136 valence electrons. The molecule has 7 heteroatoms. The van der Waals surface area contributed by atoms with Crippen molar-refractivity contribution in [3.8, 4) is 0 Å². The molecule has 0 aliphatic rings. The SMILES string of the molecule is COC(=O)c1ccc(Sc2ncc(C)n2COCC[Si](C)(C)C)cc1. The monoisotopic (exact) mass is 378 g/mol. The van der Waals surface area contributed by atoms with Gasteiger partial charge in [0, 0.05) is 31.5 Å². The van der Waals surface area contributed by atoms with Crippen molar-refractivity contribution in [3.05, 3.63) is 41.7 Å². The van der Waals surface area contributed by atoms with Gasteiger partial charge < -0.3 is 9.47 Å². The van der Waals surface area contributed by atoms with Crippen LogP contribution in [-0.4, -0.2) is 37.3 Å². The highest BCUT2D eigenvalue weighted by Gasteiger charge is 2.13. The molecule has 0 radical (unpaired) electrons. The third-order valence-corrected chi connectivity index (χ3v) is 6.44. The summed E-state index contributed by atoms with van der Waals surface area (Å²) in [6.07, 6.45) is 1.85. The van der Waals surface area contributed by atoms with E-state index in [4.69, 9.17) is 9.47 Å². The Morgan fingerprint density at radius 2 is 1.92 bits per heavy atom. The van der Waals surface area contributed by atoms with E-state index in [-0.39, 0.29) is 5.97 Å². The second-order valence-electron chi connectivity index (χ2n) is 7.08. The molecule has 0 bridgehead atoms. The number of rotatable bonds is 8. The maximum atomic E-state index is 11.5. The first-order valence-corrected chi connectivity index (χ1v) is 12.8. The minimum atomic E-state index is -1.08. The summed E-state index contributed by atoms with van der Waals surface area (Å²) in [5.41, 5.74) is 1.61. The fourth-order valence-corrected chi connectivity index (χ4v) is 3.75. The Bertz CT molecular complexity index is 708. The number of benzene rings is 1. The number of aryl methyl sites for hydroxylation is 1. The summed E-state index contributed by atoms with van der Waals surface area (Å²) in [5, 5.41) is 0.885. The molecule has 1 aromatic carbocycles. The van der Waals surface area contributed by atoms with Gasteiger partial charge in [-0.25, -0.2) is 9.78 Å². The van der Waals surface area contributed by atoms with Gasteiger partial charge in [0.1, 0.15) is 6.73 Å². The van der Waals surface area contributed by atoms with Crippen LogP contribution in [0.5, 0.6) is 0 Å². The average molecular weight is 379 g/mol. The zero-order valence-electron chi connectivity index (χ0n) is 15.5. The Morgan fingerprint density at radius 3 is 2.52 bits per heavy atom. The van der Waals surface area contributed by atoms with Crippen LogP contribution in [0.25, 0.3) is 0 Å². The summed E-state index contributed by atoms with van der Waals surface area (Å²) in [5.74, 6) is -0.329. The minimum Gasteiger partial charge on any atom is -0.465 e. The summed E-state index contributed by atoms with van der Waals surface area (Å²) in [4.78, 5) is 17.0. The number of hydrogen-bond donors (Lipinski definition) is 0. The third kappa shape index (κ3) is 6.02. The van der Waals surface area contributed by atoms with Gasteiger partial charge in [-0.1, -0.05) is 31.4 Å². The lowest BCUT2D eigenvalue weighted by molar-refractivity contribution is 0.0600. The van der Waals surface area contributed by atoms with Crippen molar-refractivity contribution in [1.82, 2.24) is 9.55 Å². The highest BCUT2D eigenvalue weighted by Crippen LogP contribution is 2.27. The van der Waals surface area contributed by atoms with E-state index < -0.39 is 8.07 Å². The number of esters is 1. The number of aromatic nitrogens is 2. The maximum absolute atomic E-state index is 11.5. The lowest BCUT2D eigenvalue weighted by atomic mass is 10.2. The van der Waals surface area contributed by atoms with Crippen LogP contribution in [0.2, 0.25) is 25.7 Å². The van der Waals surface area contributed by atoms with Gasteiger partial charge >= 0.3 is 5.97 Å². The molecule has 0 fully saturated rings. The van der Waals surface area contributed by atoms with Gasteiger partial charge in [-0.15, -0.1) is 0 Å². The first-order chi connectivity index (χ1) is 11.8. The van der Waals surface area contributed by atoms with Crippen molar-refractivity contribution < 1.29 is 14.3 Å². The Morgan fingerprint density at radius 1 is 1.24 bits per heavy atom. The second kappa shape index (κ2) is 8.69.